The number of para-hydroxylation sites is 6. The highest BCUT2D eigenvalue weighted by molar-refractivity contribution is 5.96. The van der Waals surface area contributed by atoms with Crippen LogP contribution in [-0.4, -0.2) is 9.55 Å². The van der Waals surface area contributed by atoms with Gasteiger partial charge in [-0.3, -0.25) is 14.3 Å². The molecule has 12 rings (SSSR count). The summed E-state index contributed by atoms with van der Waals surface area (Å²) in [4.78, 5) is 21.6. The van der Waals surface area contributed by atoms with Crippen LogP contribution in [-0.2, 0) is 0 Å². The maximum atomic E-state index is 14.4. The third-order valence-electron chi connectivity index (χ3n) is 11.0. The lowest BCUT2D eigenvalue weighted by molar-refractivity contribution is 0.446. The van der Waals surface area contributed by atoms with Gasteiger partial charge in [0.05, 0.1) is 33.2 Å². The summed E-state index contributed by atoms with van der Waals surface area (Å²) in [5.41, 5.74) is 11.4. The summed E-state index contributed by atoms with van der Waals surface area (Å²) >= 11 is 0. The average molecular weight is 736 g/mol. The summed E-state index contributed by atoms with van der Waals surface area (Å²) in [6.45, 7) is 0. The van der Waals surface area contributed by atoms with E-state index in [0.717, 1.165) is 90.4 Å². The highest BCUT2D eigenvalue weighted by atomic mass is 16.5. The topological polar surface area (TPSA) is 69.7 Å². The van der Waals surface area contributed by atoms with Gasteiger partial charge >= 0.3 is 0 Å². The van der Waals surface area contributed by atoms with E-state index < -0.39 is 0 Å². The van der Waals surface area contributed by atoms with Gasteiger partial charge in [0, 0.05) is 11.3 Å². The molecule has 2 aliphatic rings. The van der Waals surface area contributed by atoms with Crippen molar-refractivity contribution in [1.29, 1.82) is 0 Å². The molecule has 0 amide bonds. The summed E-state index contributed by atoms with van der Waals surface area (Å²) in [5, 5.41) is 1.02. The van der Waals surface area contributed by atoms with E-state index in [1.54, 1.807) is 0 Å². The fourth-order valence-electron chi connectivity index (χ4n) is 8.29. The van der Waals surface area contributed by atoms with Crippen molar-refractivity contribution in [2.24, 2.45) is 0 Å². The van der Waals surface area contributed by atoms with Crippen molar-refractivity contribution >= 4 is 50.0 Å². The minimum absolute atomic E-state index is 0.0893. The third-order valence-corrected chi connectivity index (χ3v) is 11.0. The summed E-state index contributed by atoms with van der Waals surface area (Å²) in [6, 6.07) is 58.4. The smallest absolute Gasteiger partial charge is 0.200 e. The second-order valence-corrected chi connectivity index (χ2v) is 14.3. The Morgan fingerprint density at radius 2 is 1.05 bits per heavy atom. The first-order valence-corrected chi connectivity index (χ1v) is 18.8. The highest BCUT2D eigenvalue weighted by Crippen LogP contribution is 2.59. The average Bonchev–Trinajstić information content (AvgIpc) is 3.66. The van der Waals surface area contributed by atoms with Gasteiger partial charge in [0.2, 0.25) is 5.43 Å². The second kappa shape index (κ2) is 12.1. The number of aromatic nitrogens is 2. The van der Waals surface area contributed by atoms with Crippen LogP contribution in [0.5, 0.6) is 23.0 Å². The minimum atomic E-state index is -0.0893. The van der Waals surface area contributed by atoms with Crippen LogP contribution in [0.1, 0.15) is 0 Å². The van der Waals surface area contributed by atoms with Crippen LogP contribution >= 0.6 is 0 Å². The predicted octanol–water partition coefficient (Wildman–Crippen LogP) is 13.0. The zero-order chi connectivity index (χ0) is 37.6. The minimum Gasteiger partial charge on any atom is -0.456 e. The molecule has 8 aromatic carbocycles. The lowest BCUT2D eigenvalue weighted by atomic mass is 9.97. The number of fused-ring (bicyclic) bond motifs is 7. The quantitative estimate of drug-likeness (QED) is 0.168. The van der Waals surface area contributed by atoms with E-state index in [1.807, 2.05) is 115 Å². The first-order chi connectivity index (χ1) is 28.1. The number of rotatable bonds is 4. The van der Waals surface area contributed by atoms with Crippen LogP contribution in [0.25, 0.3) is 72.3 Å². The molecule has 2 aromatic heterocycles. The van der Waals surface area contributed by atoms with Crippen LogP contribution in [0.3, 0.4) is 0 Å². The molecule has 0 aliphatic carbocycles. The van der Waals surface area contributed by atoms with Crippen LogP contribution < -0.4 is 19.8 Å². The summed E-state index contributed by atoms with van der Waals surface area (Å²) in [5.74, 6) is 3.82. The molecule has 0 atom stereocenters. The van der Waals surface area contributed by atoms with Gasteiger partial charge in [-0.05, 0) is 119 Å². The monoisotopic (exact) mass is 735 g/mol. The standard InChI is InChI=1S/C50H29N3O4/c54-49-36-27-32(20-23-42(36)55-43-24-22-34(28-37(43)49)50-51-38-14-4-5-15-39(38)52(50)35-12-2-1-3-13-35)30-10-8-11-31(26-30)33-21-25-45-41(29-33)53-40-16-6-7-17-44(40)56-46-18-9-19-47(57-45)48(46)53/h1-29H. The Morgan fingerprint density at radius 1 is 0.456 bits per heavy atom. The third kappa shape index (κ3) is 4.86. The molecule has 10 aromatic rings. The van der Waals surface area contributed by atoms with Gasteiger partial charge in [0.25, 0.3) is 0 Å². The molecule has 0 saturated heterocycles. The Labute approximate surface area is 325 Å². The van der Waals surface area contributed by atoms with E-state index in [0.29, 0.717) is 21.9 Å². The van der Waals surface area contributed by atoms with Crippen LogP contribution in [0.15, 0.2) is 185 Å². The molecule has 7 heteroatoms. The van der Waals surface area contributed by atoms with Crippen molar-refractivity contribution in [2.75, 3.05) is 4.90 Å². The molecule has 4 heterocycles. The zero-order valence-corrected chi connectivity index (χ0v) is 30.2. The lowest BCUT2D eigenvalue weighted by Gasteiger charge is -2.37. The van der Waals surface area contributed by atoms with E-state index >= 15 is 0 Å². The summed E-state index contributed by atoms with van der Waals surface area (Å²) in [7, 11) is 0. The molecule has 0 unspecified atom stereocenters. The Hall–Kier alpha value is -7.90. The zero-order valence-electron chi connectivity index (χ0n) is 30.2. The first kappa shape index (κ1) is 31.5. The normalized spacial score (nSPS) is 12.5. The number of imidazole rings is 1. The molecule has 0 N–H and O–H groups in total. The van der Waals surface area contributed by atoms with Gasteiger partial charge < -0.3 is 13.9 Å². The Balaban J connectivity index is 0.943. The molecule has 0 spiro atoms. The molecule has 0 bridgehead atoms. The van der Waals surface area contributed by atoms with Gasteiger partial charge in [-0.25, -0.2) is 4.98 Å². The molecule has 57 heavy (non-hydrogen) atoms. The van der Waals surface area contributed by atoms with E-state index in [2.05, 4.69) is 70.1 Å². The number of benzene rings is 8. The van der Waals surface area contributed by atoms with E-state index in [4.69, 9.17) is 18.9 Å². The lowest BCUT2D eigenvalue weighted by Crippen LogP contribution is -2.20. The summed E-state index contributed by atoms with van der Waals surface area (Å²) in [6.07, 6.45) is 0. The number of hydrogen-bond acceptors (Lipinski definition) is 6. The van der Waals surface area contributed by atoms with Crippen molar-refractivity contribution in [1.82, 2.24) is 9.55 Å². The van der Waals surface area contributed by atoms with Gasteiger partial charge in [-0.15, -0.1) is 0 Å². The number of anilines is 3. The summed E-state index contributed by atoms with van der Waals surface area (Å²) < 4.78 is 21.2. The van der Waals surface area contributed by atoms with Crippen molar-refractivity contribution < 1.29 is 13.9 Å². The van der Waals surface area contributed by atoms with Gasteiger partial charge in [-0.2, -0.15) is 0 Å². The van der Waals surface area contributed by atoms with Gasteiger partial charge in [0.15, 0.2) is 23.0 Å². The van der Waals surface area contributed by atoms with Gasteiger partial charge in [0.1, 0.15) is 22.7 Å². The van der Waals surface area contributed by atoms with Crippen molar-refractivity contribution in [2.45, 2.75) is 0 Å². The maximum absolute atomic E-state index is 14.4. The van der Waals surface area contributed by atoms with Crippen molar-refractivity contribution in [3.05, 3.63) is 186 Å². The molecular weight excluding hydrogens is 707 g/mol. The Kier molecular flexibility index (Phi) is 6.65. The highest BCUT2D eigenvalue weighted by Gasteiger charge is 2.34. The fraction of sp³-hybridized carbons (Fsp3) is 0. The van der Waals surface area contributed by atoms with Crippen LogP contribution in [0, 0.1) is 0 Å². The predicted molar refractivity (Wildman–Crippen MR) is 226 cm³/mol. The van der Waals surface area contributed by atoms with E-state index in [9.17, 15) is 4.79 Å². The molecular formula is C50H29N3O4. The molecule has 0 saturated carbocycles. The number of nitrogens with zero attached hydrogens (tertiary/aromatic N) is 3. The van der Waals surface area contributed by atoms with Crippen LogP contribution in [0.4, 0.5) is 17.1 Å². The van der Waals surface area contributed by atoms with E-state index in [-0.39, 0.29) is 5.43 Å². The van der Waals surface area contributed by atoms with Crippen molar-refractivity contribution in [3.63, 3.8) is 0 Å². The molecule has 268 valence electrons. The van der Waals surface area contributed by atoms with E-state index in [1.165, 1.54) is 0 Å². The molecule has 0 radical (unpaired) electrons. The fourth-order valence-corrected chi connectivity index (χ4v) is 8.29. The largest absolute Gasteiger partial charge is 0.456 e. The molecule has 7 nitrogen and oxygen atoms in total. The first-order valence-electron chi connectivity index (χ1n) is 18.8. The second-order valence-electron chi connectivity index (χ2n) is 14.3. The Bertz CT molecular complexity index is 3330. The Morgan fingerprint density at radius 3 is 1.86 bits per heavy atom. The van der Waals surface area contributed by atoms with Crippen LogP contribution in [0.2, 0.25) is 0 Å². The molecule has 2 aliphatic heterocycles. The molecule has 0 fully saturated rings. The maximum Gasteiger partial charge on any atom is 0.200 e. The number of hydrogen-bond donors (Lipinski definition) is 0. The van der Waals surface area contributed by atoms with Gasteiger partial charge in [-0.1, -0.05) is 78.9 Å². The number of ether oxygens (including phenoxy) is 2. The SMILES string of the molecule is O=c1c2cc(-c3cccc(-c4ccc5c(c4)N4c6ccccc6Oc6cccc(c64)O5)c3)ccc2oc2ccc(-c3nc4ccccc4n3-c3ccccc3)cc12. The van der Waals surface area contributed by atoms with Crippen molar-refractivity contribution in [3.8, 4) is 62.3 Å².